The predicted octanol–water partition coefficient (Wildman–Crippen LogP) is 4.99. The Bertz CT molecular complexity index is 932. The van der Waals surface area contributed by atoms with Gasteiger partial charge in [0.1, 0.15) is 11.6 Å². The first-order valence-corrected chi connectivity index (χ1v) is 10.8. The predicted molar refractivity (Wildman–Crippen MR) is 104 cm³/mol. The summed E-state index contributed by atoms with van der Waals surface area (Å²) in [6.07, 6.45) is -1.17. The van der Waals surface area contributed by atoms with Gasteiger partial charge in [0, 0.05) is 17.4 Å². The first kappa shape index (κ1) is 20.3. The maximum atomic E-state index is 13.1. The zero-order chi connectivity index (χ0) is 20.9. The summed E-state index contributed by atoms with van der Waals surface area (Å²) < 4.78 is 53.5. The van der Waals surface area contributed by atoms with E-state index in [1.807, 2.05) is 22.8 Å². The third-order valence-electron chi connectivity index (χ3n) is 6.50. The van der Waals surface area contributed by atoms with Crippen molar-refractivity contribution < 1.29 is 22.6 Å². The van der Waals surface area contributed by atoms with Crippen molar-refractivity contribution in [2.75, 3.05) is 13.2 Å². The van der Waals surface area contributed by atoms with Crippen LogP contribution in [0, 0.1) is 5.92 Å². The molecule has 5 rings (SSSR count). The van der Waals surface area contributed by atoms with Gasteiger partial charge >= 0.3 is 6.18 Å². The van der Waals surface area contributed by atoms with E-state index in [2.05, 4.69) is 10.2 Å². The first-order valence-electron chi connectivity index (χ1n) is 10.4. The van der Waals surface area contributed by atoms with Gasteiger partial charge in [-0.3, -0.25) is 4.57 Å². The highest BCUT2D eigenvalue weighted by molar-refractivity contribution is 6.30. The number of halogens is 4. The van der Waals surface area contributed by atoms with E-state index in [4.69, 9.17) is 21.1 Å². The van der Waals surface area contributed by atoms with Crippen molar-refractivity contribution in [2.24, 2.45) is 5.92 Å². The summed E-state index contributed by atoms with van der Waals surface area (Å²) in [6, 6.07) is 5.64. The molecule has 1 aromatic carbocycles. The molecule has 1 aliphatic carbocycles. The Kier molecular flexibility index (Phi) is 5.07. The van der Waals surface area contributed by atoms with Crippen LogP contribution in [0.1, 0.15) is 55.2 Å². The number of rotatable bonds is 1. The van der Waals surface area contributed by atoms with Gasteiger partial charge in [0.15, 0.2) is 5.79 Å². The molecule has 0 bridgehead atoms. The topological polar surface area (TPSA) is 49.2 Å². The molecule has 3 heterocycles. The summed E-state index contributed by atoms with van der Waals surface area (Å²) >= 11 is 6.28. The fourth-order valence-electron chi connectivity index (χ4n) is 4.98. The van der Waals surface area contributed by atoms with Crippen LogP contribution in [-0.2, 0) is 22.3 Å². The standard InChI is InChI=1S/C21H23ClF3N3O2/c22-16-6-7-17-14(10-16)11-20(29-8-1-9-30-20)12-18-26-27-19(28(17)18)13-2-4-15(5-3-13)21(23,24)25/h6-7,10,13,15H,1-5,8-9,11-12H2. The fourth-order valence-corrected chi connectivity index (χ4v) is 5.17. The molecule has 1 spiro atoms. The SMILES string of the molecule is FC(F)(F)C1CCC(c2nnc3n2-c2ccc(Cl)cc2CC2(C3)OCCCO2)CC1. The number of nitrogens with zero attached hydrogens (tertiary/aromatic N) is 3. The lowest BCUT2D eigenvalue weighted by molar-refractivity contribution is -0.265. The molecule has 2 aliphatic heterocycles. The van der Waals surface area contributed by atoms with Gasteiger partial charge in [0.05, 0.1) is 31.2 Å². The van der Waals surface area contributed by atoms with Gasteiger partial charge in [-0.2, -0.15) is 13.2 Å². The first-order chi connectivity index (χ1) is 14.3. The van der Waals surface area contributed by atoms with Crippen LogP contribution in [0.3, 0.4) is 0 Å². The summed E-state index contributed by atoms with van der Waals surface area (Å²) in [5.74, 6) is -0.660. The number of aromatic nitrogens is 3. The smallest absolute Gasteiger partial charge is 0.349 e. The molecule has 5 nitrogen and oxygen atoms in total. The van der Waals surface area contributed by atoms with Crippen LogP contribution in [-0.4, -0.2) is 39.9 Å². The highest BCUT2D eigenvalue weighted by Crippen LogP contribution is 2.44. The number of fused-ring (bicyclic) bond motifs is 3. The lowest BCUT2D eigenvalue weighted by Gasteiger charge is -2.36. The molecule has 0 amide bonds. The Hall–Kier alpha value is -1.64. The average Bonchev–Trinajstić information content (AvgIpc) is 3.06. The Labute approximate surface area is 177 Å². The van der Waals surface area contributed by atoms with Crippen molar-refractivity contribution in [1.29, 1.82) is 0 Å². The van der Waals surface area contributed by atoms with E-state index in [-0.39, 0.29) is 18.8 Å². The van der Waals surface area contributed by atoms with Crippen LogP contribution in [0.2, 0.25) is 5.02 Å². The molecule has 0 atom stereocenters. The van der Waals surface area contributed by atoms with Crippen LogP contribution in [0.15, 0.2) is 18.2 Å². The molecular formula is C21H23ClF3N3O2. The zero-order valence-electron chi connectivity index (χ0n) is 16.4. The molecule has 0 unspecified atom stereocenters. The van der Waals surface area contributed by atoms with Crippen LogP contribution >= 0.6 is 11.6 Å². The third-order valence-corrected chi connectivity index (χ3v) is 6.73. The van der Waals surface area contributed by atoms with E-state index >= 15 is 0 Å². The minimum atomic E-state index is -4.13. The Balaban J connectivity index is 1.52. The minimum absolute atomic E-state index is 0.0596. The Morgan fingerprint density at radius 1 is 1.03 bits per heavy atom. The van der Waals surface area contributed by atoms with Crippen molar-refractivity contribution >= 4 is 11.6 Å². The average molecular weight is 442 g/mol. The van der Waals surface area contributed by atoms with Crippen molar-refractivity contribution in [3.8, 4) is 5.69 Å². The third kappa shape index (κ3) is 3.63. The molecule has 1 saturated heterocycles. The normalized spacial score (nSPS) is 26.1. The number of hydrogen-bond acceptors (Lipinski definition) is 4. The summed E-state index contributed by atoms with van der Waals surface area (Å²) in [4.78, 5) is 0. The quantitative estimate of drug-likeness (QED) is 0.625. The lowest BCUT2D eigenvalue weighted by Crippen LogP contribution is -2.44. The Morgan fingerprint density at radius 3 is 2.47 bits per heavy atom. The van der Waals surface area contributed by atoms with Crippen LogP contribution in [0.25, 0.3) is 5.69 Å². The molecule has 0 radical (unpaired) electrons. The van der Waals surface area contributed by atoms with E-state index in [0.717, 1.165) is 23.5 Å². The number of benzene rings is 1. The second-order valence-electron chi connectivity index (χ2n) is 8.49. The van der Waals surface area contributed by atoms with Crippen LogP contribution in [0.5, 0.6) is 0 Å². The number of hydrogen-bond donors (Lipinski definition) is 0. The summed E-state index contributed by atoms with van der Waals surface area (Å²) in [5, 5.41) is 9.48. The molecule has 2 aromatic rings. The van der Waals surface area contributed by atoms with E-state index in [1.54, 1.807) is 0 Å². The van der Waals surface area contributed by atoms with Gasteiger partial charge in [-0.05, 0) is 55.9 Å². The summed E-state index contributed by atoms with van der Waals surface area (Å²) in [7, 11) is 0. The fraction of sp³-hybridized carbons (Fsp3) is 0.619. The van der Waals surface area contributed by atoms with E-state index in [9.17, 15) is 13.2 Å². The van der Waals surface area contributed by atoms with Gasteiger partial charge in [-0.25, -0.2) is 0 Å². The van der Waals surface area contributed by atoms with E-state index in [0.29, 0.717) is 49.7 Å². The molecule has 30 heavy (non-hydrogen) atoms. The molecule has 9 heteroatoms. The zero-order valence-corrected chi connectivity index (χ0v) is 17.2. The molecule has 162 valence electrons. The second kappa shape index (κ2) is 7.50. The molecule has 2 fully saturated rings. The number of ether oxygens (including phenoxy) is 2. The van der Waals surface area contributed by atoms with Gasteiger partial charge in [-0.1, -0.05) is 11.6 Å². The summed E-state index contributed by atoms with van der Waals surface area (Å²) in [6.45, 7) is 1.22. The Morgan fingerprint density at radius 2 is 1.77 bits per heavy atom. The molecule has 1 saturated carbocycles. The molecule has 1 aromatic heterocycles. The maximum absolute atomic E-state index is 13.1. The van der Waals surface area contributed by atoms with E-state index < -0.39 is 17.9 Å². The lowest BCUT2D eigenvalue weighted by atomic mass is 9.81. The molecule has 0 N–H and O–H groups in total. The highest BCUT2D eigenvalue weighted by Gasteiger charge is 2.44. The van der Waals surface area contributed by atoms with Gasteiger partial charge < -0.3 is 9.47 Å². The number of alkyl halides is 3. The molecular weight excluding hydrogens is 419 g/mol. The van der Waals surface area contributed by atoms with Crippen LogP contribution in [0.4, 0.5) is 13.2 Å². The monoisotopic (exact) mass is 441 g/mol. The highest BCUT2D eigenvalue weighted by atomic mass is 35.5. The summed E-state index contributed by atoms with van der Waals surface area (Å²) in [5.41, 5.74) is 1.87. The van der Waals surface area contributed by atoms with Crippen molar-refractivity contribution in [2.45, 2.75) is 62.8 Å². The van der Waals surface area contributed by atoms with Crippen molar-refractivity contribution in [3.05, 3.63) is 40.4 Å². The maximum Gasteiger partial charge on any atom is 0.391 e. The van der Waals surface area contributed by atoms with Crippen molar-refractivity contribution in [3.63, 3.8) is 0 Å². The van der Waals surface area contributed by atoms with E-state index in [1.165, 1.54) is 0 Å². The second-order valence-corrected chi connectivity index (χ2v) is 8.92. The van der Waals surface area contributed by atoms with Crippen LogP contribution < -0.4 is 0 Å². The van der Waals surface area contributed by atoms with Gasteiger partial charge in [0.25, 0.3) is 0 Å². The van der Waals surface area contributed by atoms with Crippen molar-refractivity contribution in [1.82, 2.24) is 14.8 Å². The minimum Gasteiger partial charge on any atom is -0.349 e. The molecule has 3 aliphatic rings. The van der Waals surface area contributed by atoms with Gasteiger partial charge in [0.2, 0.25) is 0 Å². The van der Waals surface area contributed by atoms with Gasteiger partial charge in [-0.15, -0.1) is 10.2 Å². The largest absolute Gasteiger partial charge is 0.391 e.